The number of nitrogens with zero attached hydrogens (tertiary/aromatic N) is 1. The van der Waals surface area contributed by atoms with E-state index in [4.69, 9.17) is 0 Å². The Morgan fingerprint density at radius 1 is 1.42 bits per heavy atom. The van der Waals surface area contributed by atoms with Crippen LogP contribution in [-0.2, 0) is 6.42 Å². The van der Waals surface area contributed by atoms with Crippen molar-refractivity contribution in [2.24, 2.45) is 11.3 Å². The molecule has 1 aliphatic carbocycles. The van der Waals surface area contributed by atoms with Crippen LogP contribution in [0.2, 0.25) is 0 Å². The highest BCUT2D eigenvalue weighted by Gasteiger charge is 2.35. The summed E-state index contributed by atoms with van der Waals surface area (Å²) < 4.78 is 0. The lowest BCUT2D eigenvalue weighted by molar-refractivity contribution is 0.0613. The van der Waals surface area contributed by atoms with E-state index in [2.05, 4.69) is 24.2 Å². The highest BCUT2D eigenvalue weighted by atomic mass is 32.1. The highest BCUT2D eigenvalue weighted by molar-refractivity contribution is 7.09. The molecule has 0 aliphatic heterocycles. The molecule has 1 aromatic heterocycles. The Balaban J connectivity index is 1.90. The van der Waals surface area contributed by atoms with Gasteiger partial charge in [-0.3, -0.25) is 0 Å². The quantitative estimate of drug-likeness (QED) is 0.840. The van der Waals surface area contributed by atoms with Gasteiger partial charge in [0.25, 0.3) is 0 Å². The van der Waals surface area contributed by atoms with Crippen LogP contribution in [0.3, 0.4) is 0 Å². The second-order valence-corrected chi connectivity index (χ2v) is 7.34. The first-order valence-corrected chi connectivity index (χ1v) is 8.57. The summed E-state index contributed by atoms with van der Waals surface area (Å²) in [5, 5.41) is 13.1. The Kier molecular flexibility index (Phi) is 5.40. The number of hydrogen-bond donors (Lipinski definition) is 1. The molecule has 0 aromatic carbocycles. The highest BCUT2D eigenvalue weighted by Crippen LogP contribution is 2.42. The molecule has 1 saturated carbocycles. The van der Waals surface area contributed by atoms with Crippen LogP contribution in [0.5, 0.6) is 0 Å². The predicted octanol–water partition coefficient (Wildman–Crippen LogP) is 4.35. The molecule has 1 N–H and O–H groups in total. The van der Waals surface area contributed by atoms with E-state index < -0.39 is 0 Å². The third-order valence-electron chi connectivity index (χ3n) is 4.69. The van der Waals surface area contributed by atoms with E-state index in [9.17, 15) is 5.11 Å². The van der Waals surface area contributed by atoms with Crippen LogP contribution < -0.4 is 0 Å². The molecule has 3 heteroatoms. The molecule has 108 valence electrons. The van der Waals surface area contributed by atoms with Gasteiger partial charge in [-0.1, -0.05) is 26.2 Å². The van der Waals surface area contributed by atoms with Gasteiger partial charge in [-0.25, -0.2) is 4.98 Å². The van der Waals surface area contributed by atoms with Crippen LogP contribution in [0, 0.1) is 18.3 Å². The van der Waals surface area contributed by atoms with Crippen molar-refractivity contribution in [3.05, 3.63) is 16.1 Å². The molecule has 0 atom stereocenters. The number of unbranched alkanes of at least 4 members (excludes halogenated alkanes) is 1. The fraction of sp³-hybridized carbons (Fsp3) is 0.812. The van der Waals surface area contributed by atoms with Gasteiger partial charge in [0.15, 0.2) is 0 Å². The van der Waals surface area contributed by atoms with Crippen LogP contribution in [-0.4, -0.2) is 16.7 Å². The zero-order valence-electron chi connectivity index (χ0n) is 12.3. The lowest BCUT2D eigenvalue weighted by Gasteiger charge is -2.38. The second-order valence-electron chi connectivity index (χ2n) is 6.28. The minimum Gasteiger partial charge on any atom is -0.396 e. The third-order valence-corrected chi connectivity index (χ3v) is 5.51. The van der Waals surface area contributed by atoms with Crippen molar-refractivity contribution in [3.8, 4) is 0 Å². The number of hydrogen-bond acceptors (Lipinski definition) is 3. The Morgan fingerprint density at radius 2 is 2.16 bits per heavy atom. The molecule has 2 rings (SSSR count). The van der Waals surface area contributed by atoms with Gasteiger partial charge in [0.1, 0.15) is 0 Å². The standard InChI is InChI=1S/C16H27NOS/c1-3-4-5-14-6-8-16(12-18,9-7-14)10-15-11-19-13(2)17-15/h11,14,18H,3-10,12H2,1-2H3. The largest absolute Gasteiger partial charge is 0.396 e. The number of aromatic nitrogens is 1. The molecule has 19 heavy (non-hydrogen) atoms. The van der Waals surface area contributed by atoms with Crippen LogP contribution in [0.1, 0.15) is 62.6 Å². The number of aliphatic hydroxyl groups excluding tert-OH is 1. The van der Waals surface area contributed by atoms with E-state index in [-0.39, 0.29) is 5.41 Å². The summed E-state index contributed by atoms with van der Waals surface area (Å²) in [6.07, 6.45) is 9.96. The van der Waals surface area contributed by atoms with Gasteiger partial charge < -0.3 is 5.11 Å². The molecule has 1 aliphatic rings. The minimum atomic E-state index is 0.114. The van der Waals surface area contributed by atoms with Crippen LogP contribution >= 0.6 is 11.3 Å². The van der Waals surface area contributed by atoms with Gasteiger partial charge in [0, 0.05) is 12.0 Å². The van der Waals surface area contributed by atoms with Gasteiger partial charge in [-0.05, 0) is 50.4 Å². The Morgan fingerprint density at radius 3 is 2.68 bits per heavy atom. The van der Waals surface area contributed by atoms with E-state index in [1.165, 1.54) is 50.6 Å². The van der Waals surface area contributed by atoms with Gasteiger partial charge >= 0.3 is 0 Å². The van der Waals surface area contributed by atoms with Gasteiger partial charge in [0.05, 0.1) is 10.7 Å². The molecule has 0 unspecified atom stereocenters. The SMILES string of the molecule is CCCCC1CCC(CO)(Cc2csc(C)n2)CC1. The van der Waals surface area contributed by atoms with E-state index in [0.717, 1.165) is 17.3 Å². The topological polar surface area (TPSA) is 33.1 Å². The number of aliphatic hydroxyl groups is 1. The summed E-state index contributed by atoms with van der Waals surface area (Å²) in [5.74, 6) is 0.900. The van der Waals surface area contributed by atoms with E-state index >= 15 is 0 Å². The second kappa shape index (κ2) is 6.85. The molecule has 0 spiro atoms. The van der Waals surface area contributed by atoms with Crippen LogP contribution in [0.25, 0.3) is 0 Å². The number of rotatable bonds is 6. The summed E-state index contributed by atoms with van der Waals surface area (Å²) in [4.78, 5) is 4.57. The third kappa shape index (κ3) is 4.03. The molecule has 0 amide bonds. The van der Waals surface area contributed by atoms with Gasteiger partial charge in [-0.2, -0.15) is 0 Å². The minimum absolute atomic E-state index is 0.114. The van der Waals surface area contributed by atoms with Crippen LogP contribution in [0.15, 0.2) is 5.38 Å². The Labute approximate surface area is 121 Å². The van der Waals surface area contributed by atoms with Gasteiger partial charge in [0.2, 0.25) is 0 Å². The van der Waals surface area contributed by atoms with Crippen molar-refractivity contribution in [1.82, 2.24) is 4.98 Å². The lowest BCUT2D eigenvalue weighted by atomic mass is 9.68. The van der Waals surface area contributed by atoms with Crippen molar-refractivity contribution >= 4 is 11.3 Å². The smallest absolute Gasteiger partial charge is 0.0897 e. The fourth-order valence-electron chi connectivity index (χ4n) is 3.34. The Bertz CT molecular complexity index is 380. The zero-order valence-corrected chi connectivity index (χ0v) is 13.1. The van der Waals surface area contributed by atoms with E-state index in [0.29, 0.717) is 6.61 Å². The first kappa shape index (κ1) is 15.0. The lowest BCUT2D eigenvalue weighted by Crippen LogP contribution is -2.33. The van der Waals surface area contributed by atoms with Crippen molar-refractivity contribution < 1.29 is 5.11 Å². The molecule has 0 saturated heterocycles. The molecular formula is C16H27NOS. The summed E-state index contributed by atoms with van der Waals surface area (Å²) in [6, 6.07) is 0. The van der Waals surface area contributed by atoms with Crippen molar-refractivity contribution in [3.63, 3.8) is 0 Å². The predicted molar refractivity (Wildman–Crippen MR) is 81.6 cm³/mol. The first-order chi connectivity index (χ1) is 9.17. The molecule has 0 radical (unpaired) electrons. The molecule has 1 aromatic rings. The molecule has 2 nitrogen and oxygen atoms in total. The maximum absolute atomic E-state index is 9.85. The van der Waals surface area contributed by atoms with E-state index in [1.807, 2.05) is 0 Å². The molecular weight excluding hydrogens is 254 g/mol. The zero-order chi connectivity index (χ0) is 13.7. The summed E-state index contributed by atoms with van der Waals surface area (Å²) in [5.41, 5.74) is 1.30. The number of aryl methyl sites for hydroxylation is 1. The molecule has 1 heterocycles. The molecule has 0 bridgehead atoms. The average Bonchev–Trinajstić information content (AvgIpc) is 2.83. The fourth-order valence-corrected chi connectivity index (χ4v) is 3.95. The normalized spacial score (nSPS) is 27.6. The van der Waals surface area contributed by atoms with Crippen molar-refractivity contribution in [2.75, 3.05) is 6.61 Å². The van der Waals surface area contributed by atoms with Crippen LogP contribution in [0.4, 0.5) is 0 Å². The first-order valence-electron chi connectivity index (χ1n) is 7.69. The average molecular weight is 281 g/mol. The van der Waals surface area contributed by atoms with Crippen molar-refractivity contribution in [2.45, 2.75) is 65.2 Å². The van der Waals surface area contributed by atoms with Crippen molar-refractivity contribution in [1.29, 1.82) is 0 Å². The van der Waals surface area contributed by atoms with E-state index in [1.54, 1.807) is 11.3 Å². The summed E-state index contributed by atoms with van der Waals surface area (Å²) in [6.45, 7) is 4.65. The maximum Gasteiger partial charge on any atom is 0.0897 e. The maximum atomic E-state index is 9.85. The van der Waals surface area contributed by atoms with Gasteiger partial charge in [-0.15, -0.1) is 11.3 Å². The monoisotopic (exact) mass is 281 g/mol. The Hall–Kier alpha value is -0.410. The summed E-state index contributed by atoms with van der Waals surface area (Å²) >= 11 is 1.72. The summed E-state index contributed by atoms with van der Waals surface area (Å²) in [7, 11) is 0. The number of thiazole rings is 1. The molecule has 1 fully saturated rings.